The highest BCUT2D eigenvalue weighted by Crippen LogP contribution is 2.14. The molecule has 0 spiro atoms. The maximum Gasteiger partial charge on any atom is 0.326 e. The van der Waals surface area contributed by atoms with Crippen molar-refractivity contribution in [2.75, 3.05) is 0 Å². The van der Waals surface area contributed by atoms with Crippen LogP contribution in [0.2, 0.25) is 0 Å². The molecule has 1 amide bonds. The summed E-state index contributed by atoms with van der Waals surface area (Å²) in [7, 11) is 0. The van der Waals surface area contributed by atoms with Crippen LogP contribution in [0.1, 0.15) is 53.4 Å². The molecule has 0 radical (unpaired) electrons. The van der Waals surface area contributed by atoms with Gasteiger partial charge in [-0.25, -0.2) is 4.79 Å². The molecule has 2 N–H and O–H groups in total. The Morgan fingerprint density at radius 2 is 1.82 bits per heavy atom. The first-order chi connectivity index (χ1) is 7.93. The number of amides is 1. The molecule has 0 fully saturated rings. The third-order valence-electron chi connectivity index (χ3n) is 3.00. The number of carbonyl (C=O) groups excluding carboxylic acids is 1. The minimum absolute atomic E-state index is 0.0597. The lowest BCUT2D eigenvalue weighted by molar-refractivity contribution is -0.143. The second-order valence-electron chi connectivity index (χ2n) is 4.82. The maximum absolute atomic E-state index is 11.9. The number of carbonyl (C=O) groups is 2. The van der Waals surface area contributed by atoms with E-state index < -0.39 is 12.0 Å². The minimum atomic E-state index is -0.960. The van der Waals surface area contributed by atoms with E-state index in [0.717, 1.165) is 25.7 Å². The van der Waals surface area contributed by atoms with Crippen LogP contribution in [0.15, 0.2) is 0 Å². The van der Waals surface area contributed by atoms with Crippen LogP contribution in [0, 0.1) is 11.8 Å². The van der Waals surface area contributed by atoms with Gasteiger partial charge < -0.3 is 10.4 Å². The van der Waals surface area contributed by atoms with Crippen LogP contribution in [-0.4, -0.2) is 23.0 Å². The predicted octanol–water partition coefficient (Wildman–Crippen LogP) is 2.43. The molecule has 0 aromatic carbocycles. The van der Waals surface area contributed by atoms with Gasteiger partial charge in [0, 0.05) is 5.92 Å². The molecule has 0 aromatic rings. The highest BCUT2D eigenvalue weighted by molar-refractivity contribution is 5.85. The largest absolute Gasteiger partial charge is 0.480 e. The van der Waals surface area contributed by atoms with Gasteiger partial charge in [-0.1, -0.05) is 40.5 Å². The van der Waals surface area contributed by atoms with Crippen molar-refractivity contribution in [3.05, 3.63) is 0 Å². The zero-order valence-corrected chi connectivity index (χ0v) is 11.3. The second-order valence-corrected chi connectivity index (χ2v) is 4.82. The fourth-order valence-electron chi connectivity index (χ4n) is 1.76. The van der Waals surface area contributed by atoms with E-state index in [1.165, 1.54) is 0 Å². The Morgan fingerprint density at radius 3 is 2.18 bits per heavy atom. The van der Waals surface area contributed by atoms with Gasteiger partial charge in [-0.3, -0.25) is 4.79 Å². The molecule has 0 saturated heterocycles. The van der Waals surface area contributed by atoms with Crippen molar-refractivity contribution in [1.82, 2.24) is 5.32 Å². The summed E-state index contributed by atoms with van der Waals surface area (Å²) in [6.07, 6.45) is 3.65. The van der Waals surface area contributed by atoms with E-state index in [2.05, 4.69) is 12.2 Å². The Morgan fingerprint density at radius 1 is 1.24 bits per heavy atom. The van der Waals surface area contributed by atoms with E-state index in [0.29, 0.717) is 0 Å². The summed E-state index contributed by atoms with van der Waals surface area (Å²) in [6.45, 7) is 7.64. The number of aliphatic carboxylic acids is 1. The number of carboxylic acids is 1. The SMILES string of the molecule is CCCCC(CC)C(=O)N[C@@H](C(=O)O)C(C)C. The first-order valence-corrected chi connectivity index (χ1v) is 6.47. The van der Waals surface area contributed by atoms with Gasteiger partial charge in [0.2, 0.25) is 5.91 Å². The van der Waals surface area contributed by atoms with Crippen molar-refractivity contribution >= 4 is 11.9 Å². The monoisotopic (exact) mass is 243 g/mol. The van der Waals surface area contributed by atoms with E-state index in [-0.39, 0.29) is 17.7 Å². The molecule has 0 aliphatic rings. The zero-order chi connectivity index (χ0) is 13.4. The van der Waals surface area contributed by atoms with Gasteiger partial charge in [0.1, 0.15) is 6.04 Å². The van der Waals surface area contributed by atoms with E-state index in [1.54, 1.807) is 13.8 Å². The average molecular weight is 243 g/mol. The summed E-state index contributed by atoms with van der Waals surface area (Å²) in [5.41, 5.74) is 0. The highest BCUT2D eigenvalue weighted by atomic mass is 16.4. The van der Waals surface area contributed by atoms with Crippen molar-refractivity contribution in [3.8, 4) is 0 Å². The number of hydrogen-bond acceptors (Lipinski definition) is 2. The molecule has 0 bridgehead atoms. The fraction of sp³-hybridized carbons (Fsp3) is 0.846. The molecule has 4 nitrogen and oxygen atoms in total. The van der Waals surface area contributed by atoms with Crippen molar-refractivity contribution in [2.45, 2.75) is 59.4 Å². The Balaban J connectivity index is 4.41. The van der Waals surface area contributed by atoms with Crippen LogP contribution < -0.4 is 5.32 Å². The summed E-state index contributed by atoms with van der Waals surface area (Å²) in [4.78, 5) is 22.9. The molecular formula is C13H25NO3. The lowest BCUT2D eigenvalue weighted by Crippen LogP contribution is -2.46. The molecule has 0 saturated carbocycles. The summed E-state index contributed by atoms with van der Waals surface area (Å²) >= 11 is 0. The Bertz CT molecular complexity index is 251. The summed E-state index contributed by atoms with van der Waals surface area (Å²) in [5.74, 6) is -1.24. The molecule has 4 heteroatoms. The van der Waals surface area contributed by atoms with Crippen LogP contribution in [0.4, 0.5) is 0 Å². The number of nitrogens with one attached hydrogen (secondary N) is 1. The van der Waals surface area contributed by atoms with E-state index in [1.807, 2.05) is 6.92 Å². The molecule has 0 aliphatic heterocycles. The van der Waals surface area contributed by atoms with Crippen LogP contribution in [0.25, 0.3) is 0 Å². The van der Waals surface area contributed by atoms with Gasteiger partial charge in [-0.2, -0.15) is 0 Å². The van der Waals surface area contributed by atoms with Crippen molar-refractivity contribution in [2.24, 2.45) is 11.8 Å². The van der Waals surface area contributed by atoms with E-state index >= 15 is 0 Å². The van der Waals surface area contributed by atoms with Crippen molar-refractivity contribution in [1.29, 1.82) is 0 Å². The van der Waals surface area contributed by atoms with Crippen LogP contribution in [0.5, 0.6) is 0 Å². The highest BCUT2D eigenvalue weighted by Gasteiger charge is 2.26. The first-order valence-electron chi connectivity index (χ1n) is 6.47. The van der Waals surface area contributed by atoms with Gasteiger partial charge in [0.25, 0.3) is 0 Å². The van der Waals surface area contributed by atoms with Gasteiger partial charge in [0.05, 0.1) is 0 Å². The molecule has 0 aromatic heterocycles. The average Bonchev–Trinajstić information content (AvgIpc) is 2.26. The smallest absolute Gasteiger partial charge is 0.326 e. The van der Waals surface area contributed by atoms with Gasteiger partial charge in [-0.15, -0.1) is 0 Å². The maximum atomic E-state index is 11.9. The molecule has 100 valence electrons. The number of hydrogen-bond donors (Lipinski definition) is 2. The Labute approximate surface area is 104 Å². The molecule has 2 atom stereocenters. The minimum Gasteiger partial charge on any atom is -0.480 e. The van der Waals surface area contributed by atoms with Crippen molar-refractivity contribution in [3.63, 3.8) is 0 Å². The topological polar surface area (TPSA) is 66.4 Å². The quantitative estimate of drug-likeness (QED) is 0.688. The third-order valence-corrected chi connectivity index (χ3v) is 3.00. The molecule has 1 unspecified atom stereocenters. The lowest BCUT2D eigenvalue weighted by Gasteiger charge is -2.21. The van der Waals surface area contributed by atoms with Crippen LogP contribution in [0.3, 0.4) is 0 Å². The van der Waals surface area contributed by atoms with Gasteiger partial charge >= 0.3 is 5.97 Å². The molecule has 0 heterocycles. The van der Waals surface area contributed by atoms with Crippen LogP contribution in [-0.2, 0) is 9.59 Å². The zero-order valence-electron chi connectivity index (χ0n) is 11.3. The Hall–Kier alpha value is -1.06. The Kier molecular flexibility index (Phi) is 7.59. The predicted molar refractivity (Wildman–Crippen MR) is 67.7 cm³/mol. The summed E-state index contributed by atoms with van der Waals surface area (Å²) in [6, 6.07) is -0.779. The standard InChI is InChI=1S/C13H25NO3/c1-5-7-8-10(6-2)12(15)14-11(9(3)4)13(16)17/h9-11H,5-8H2,1-4H3,(H,14,15)(H,16,17)/t10?,11-/m1/s1. The van der Waals surface area contributed by atoms with Gasteiger partial charge in [0.15, 0.2) is 0 Å². The number of rotatable bonds is 8. The normalized spacial score (nSPS) is 14.4. The summed E-state index contributed by atoms with van der Waals surface area (Å²) < 4.78 is 0. The molecule has 17 heavy (non-hydrogen) atoms. The fourth-order valence-corrected chi connectivity index (χ4v) is 1.76. The lowest BCUT2D eigenvalue weighted by atomic mass is 9.96. The molecule has 0 aliphatic carbocycles. The third kappa shape index (κ3) is 5.71. The second kappa shape index (κ2) is 8.09. The van der Waals surface area contributed by atoms with Crippen molar-refractivity contribution < 1.29 is 14.7 Å². The summed E-state index contributed by atoms with van der Waals surface area (Å²) in [5, 5.41) is 11.6. The van der Waals surface area contributed by atoms with Gasteiger partial charge in [-0.05, 0) is 18.8 Å². The molecule has 0 rings (SSSR count). The first kappa shape index (κ1) is 15.9. The van der Waals surface area contributed by atoms with E-state index in [4.69, 9.17) is 5.11 Å². The number of unbranched alkanes of at least 4 members (excludes halogenated alkanes) is 1. The number of carboxylic acid groups (broad SMARTS) is 1. The van der Waals surface area contributed by atoms with Crippen LogP contribution >= 0.6 is 0 Å². The van der Waals surface area contributed by atoms with E-state index in [9.17, 15) is 9.59 Å². The molecular weight excluding hydrogens is 218 g/mol.